The van der Waals surface area contributed by atoms with E-state index >= 15 is 0 Å². The Morgan fingerprint density at radius 3 is 2.44 bits per heavy atom. The van der Waals surface area contributed by atoms with Crippen molar-refractivity contribution in [3.05, 3.63) is 0 Å². The maximum Gasteiger partial charge on any atom is 0.406 e. The number of likely N-dealkylation sites (N-methyl/N-ethyl adjacent to an activating group) is 1. The Kier molecular flexibility index (Phi) is 3.89. The van der Waals surface area contributed by atoms with Crippen molar-refractivity contribution in [2.75, 3.05) is 33.2 Å². The van der Waals surface area contributed by atoms with E-state index in [1.807, 2.05) is 4.90 Å². The standard InChI is InChI=1S/C9H12F3N3O2.CH4/c1-13-2-3-14-6(4-13)7(16)15(8(14)17)5-9(10,11)12;/h6H,2-5H2,1H3;1H4. The molecule has 8 heteroatoms. The second-order valence-electron chi connectivity index (χ2n) is 4.29. The van der Waals surface area contributed by atoms with Crippen LogP contribution in [0.4, 0.5) is 18.0 Å². The fourth-order valence-electron chi connectivity index (χ4n) is 2.11. The van der Waals surface area contributed by atoms with Gasteiger partial charge in [0.25, 0.3) is 5.91 Å². The number of nitrogens with zero attached hydrogens (tertiary/aromatic N) is 3. The minimum absolute atomic E-state index is 0. The van der Waals surface area contributed by atoms with Gasteiger partial charge in [-0.15, -0.1) is 0 Å². The number of halogens is 3. The molecule has 2 aliphatic heterocycles. The van der Waals surface area contributed by atoms with Gasteiger partial charge in [0.05, 0.1) is 0 Å². The molecule has 0 aliphatic carbocycles. The monoisotopic (exact) mass is 267 g/mol. The molecule has 2 saturated heterocycles. The summed E-state index contributed by atoms with van der Waals surface area (Å²) < 4.78 is 36.7. The third-order valence-corrected chi connectivity index (χ3v) is 2.95. The number of piperazine rings is 1. The van der Waals surface area contributed by atoms with Crippen LogP contribution < -0.4 is 0 Å². The van der Waals surface area contributed by atoms with E-state index in [4.69, 9.17) is 0 Å². The molecule has 5 nitrogen and oxygen atoms in total. The van der Waals surface area contributed by atoms with E-state index in [0.717, 1.165) is 0 Å². The molecule has 2 heterocycles. The third-order valence-electron chi connectivity index (χ3n) is 2.95. The lowest BCUT2D eigenvalue weighted by molar-refractivity contribution is -0.153. The zero-order valence-corrected chi connectivity index (χ0v) is 9.20. The van der Waals surface area contributed by atoms with E-state index in [9.17, 15) is 22.8 Å². The van der Waals surface area contributed by atoms with Crippen LogP contribution in [0, 0.1) is 0 Å². The predicted octanol–water partition coefficient (Wildman–Crippen LogP) is 0.763. The van der Waals surface area contributed by atoms with Gasteiger partial charge in [-0.1, -0.05) is 7.43 Å². The summed E-state index contributed by atoms with van der Waals surface area (Å²) in [4.78, 5) is 26.7. The summed E-state index contributed by atoms with van der Waals surface area (Å²) in [5.41, 5.74) is 0. The summed E-state index contributed by atoms with van der Waals surface area (Å²) in [6.07, 6.45) is -4.55. The van der Waals surface area contributed by atoms with Gasteiger partial charge < -0.3 is 9.80 Å². The van der Waals surface area contributed by atoms with Gasteiger partial charge >= 0.3 is 12.2 Å². The topological polar surface area (TPSA) is 43.9 Å². The van der Waals surface area contributed by atoms with E-state index in [1.54, 1.807) is 7.05 Å². The SMILES string of the molecule is C.CN1CCN2C(=O)N(CC(F)(F)F)C(=O)C2C1. The van der Waals surface area contributed by atoms with Gasteiger partial charge in [-0.3, -0.25) is 9.69 Å². The summed E-state index contributed by atoms with van der Waals surface area (Å²) >= 11 is 0. The van der Waals surface area contributed by atoms with Crippen molar-refractivity contribution in [1.29, 1.82) is 0 Å². The molecule has 0 N–H and O–H groups in total. The summed E-state index contributed by atoms with van der Waals surface area (Å²) in [5, 5.41) is 0. The Hall–Kier alpha value is -1.31. The number of rotatable bonds is 1. The molecular weight excluding hydrogens is 251 g/mol. The summed E-state index contributed by atoms with van der Waals surface area (Å²) in [5.74, 6) is -0.751. The minimum atomic E-state index is -4.55. The highest BCUT2D eigenvalue weighted by Gasteiger charge is 2.50. The van der Waals surface area contributed by atoms with Crippen LogP contribution in [-0.4, -0.2) is 72.1 Å². The minimum Gasteiger partial charge on any atom is -0.310 e. The Morgan fingerprint density at radius 1 is 1.28 bits per heavy atom. The van der Waals surface area contributed by atoms with Gasteiger partial charge in [0.1, 0.15) is 12.6 Å². The van der Waals surface area contributed by atoms with Gasteiger partial charge in [-0.2, -0.15) is 13.2 Å². The van der Waals surface area contributed by atoms with Crippen LogP contribution in [0.3, 0.4) is 0 Å². The maximum atomic E-state index is 12.2. The first kappa shape index (κ1) is 14.7. The maximum absolute atomic E-state index is 12.2. The van der Waals surface area contributed by atoms with Crippen LogP contribution in [0.2, 0.25) is 0 Å². The Bertz CT molecular complexity index is 359. The Balaban J connectivity index is 0.00000162. The fourth-order valence-corrected chi connectivity index (χ4v) is 2.11. The van der Waals surface area contributed by atoms with Crippen LogP contribution >= 0.6 is 0 Å². The van der Waals surface area contributed by atoms with Gasteiger partial charge in [0.2, 0.25) is 0 Å². The summed E-state index contributed by atoms with van der Waals surface area (Å²) in [6.45, 7) is -0.351. The normalized spacial score (nSPS) is 25.2. The first-order valence-electron chi connectivity index (χ1n) is 5.17. The van der Waals surface area contributed by atoms with Crippen LogP contribution in [0.5, 0.6) is 0 Å². The molecule has 0 aromatic heterocycles. The Labute approximate surface area is 103 Å². The van der Waals surface area contributed by atoms with Crippen molar-refractivity contribution in [2.45, 2.75) is 19.6 Å². The molecule has 1 atom stereocenters. The molecule has 104 valence electrons. The van der Waals surface area contributed by atoms with Gasteiger partial charge in [0, 0.05) is 19.6 Å². The number of urea groups is 1. The Morgan fingerprint density at radius 2 is 1.89 bits per heavy atom. The van der Waals surface area contributed by atoms with Crippen molar-refractivity contribution in [3.8, 4) is 0 Å². The van der Waals surface area contributed by atoms with Crippen LogP contribution in [-0.2, 0) is 4.79 Å². The van der Waals surface area contributed by atoms with Gasteiger partial charge in [-0.05, 0) is 7.05 Å². The number of hydrogen-bond donors (Lipinski definition) is 0. The second-order valence-corrected chi connectivity index (χ2v) is 4.29. The third kappa shape index (κ3) is 2.58. The van der Waals surface area contributed by atoms with Crippen molar-refractivity contribution in [3.63, 3.8) is 0 Å². The highest BCUT2D eigenvalue weighted by molar-refractivity contribution is 6.04. The van der Waals surface area contributed by atoms with Gasteiger partial charge in [0.15, 0.2) is 0 Å². The average molecular weight is 267 g/mol. The number of imide groups is 1. The molecule has 2 aliphatic rings. The lowest BCUT2D eigenvalue weighted by Crippen LogP contribution is -2.51. The van der Waals surface area contributed by atoms with Crippen molar-refractivity contribution in [1.82, 2.24) is 14.7 Å². The molecule has 2 rings (SSSR count). The number of fused-ring (bicyclic) bond motifs is 1. The molecule has 0 aromatic carbocycles. The fraction of sp³-hybridized carbons (Fsp3) is 0.800. The van der Waals surface area contributed by atoms with E-state index < -0.39 is 30.7 Å². The lowest BCUT2D eigenvalue weighted by atomic mass is 10.2. The summed E-state index contributed by atoms with van der Waals surface area (Å²) in [7, 11) is 1.77. The van der Waals surface area contributed by atoms with Crippen molar-refractivity contribution < 1.29 is 22.8 Å². The van der Waals surface area contributed by atoms with Crippen LogP contribution in [0.25, 0.3) is 0 Å². The average Bonchev–Trinajstić information content (AvgIpc) is 2.42. The number of alkyl halides is 3. The summed E-state index contributed by atoms with van der Waals surface area (Å²) in [6, 6.07) is -1.59. The van der Waals surface area contributed by atoms with Crippen molar-refractivity contribution in [2.24, 2.45) is 0 Å². The van der Waals surface area contributed by atoms with Gasteiger partial charge in [-0.25, -0.2) is 4.79 Å². The first-order valence-corrected chi connectivity index (χ1v) is 5.17. The quantitative estimate of drug-likeness (QED) is 0.659. The molecular formula is C10H16F3N3O2. The van der Waals surface area contributed by atoms with E-state index in [0.29, 0.717) is 24.5 Å². The highest BCUT2D eigenvalue weighted by Crippen LogP contribution is 2.25. The molecule has 0 bridgehead atoms. The lowest BCUT2D eigenvalue weighted by Gasteiger charge is -2.32. The van der Waals surface area contributed by atoms with E-state index in [2.05, 4.69) is 0 Å². The first-order chi connectivity index (χ1) is 7.79. The van der Waals surface area contributed by atoms with E-state index in [1.165, 1.54) is 4.90 Å². The van der Waals surface area contributed by atoms with Crippen LogP contribution in [0.1, 0.15) is 7.43 Å². The molecule has 0 saturated carbocycles. The van der Waals surface area contributed by atoms with E-state index in [-0.39, 0.29) is 7.43 Å². The molecule has 0 radical (unpaired) electrons. The van der Waals surface area contributed by atoms with Crippen molar-refractivity contribution >= 4 is 11.9 Å². The zero-order chi connectivity index (χ0) is 12.8. The molecule has 0 spiro atoms. The molecule has 3 amide bonds. The number of amides is 3. The molecule has 1 unspecified atom stereocenters. The molecule has 0 aromatic rings. The number of hydrogen-bond acceptors (Lipinski definition) is 3. The highest BCUT2D eigenvalue weighted by atomic mass is 19.4. The molecule has 2 fully saturated rings. The molecule has 18 heavy (non-hydrogen) atoms. The predicted molar refractivity (Wildman–Crippen MR) is 57.9 cm³/mol. The largest absolute Gasteiger partial charge is 0.406 e. The second kappa shape index (κ2) is 4.75. The smallest absolute Gasteiger partial charge is 0.310 e. The number of carbonyl (C=O) groups is 2. The zero-order valence-electron chi connectivity index (χ0n) is 9.20. The number of carbonyl (C=O) groups excluding carboxylic acids is 2. The van der Waals surface area contributed by atoms with Crippen LogP contribution in [0.15, 0.2) is 0 Å².